The molecule has 1 aromatic heterocycles. The summed E-state index contributed by atoms with van der Waals surface area (Å²) in [5, 5.41) is 3.91. The van der Waals surface area contributed by atoms with Gasteiger partial charge in [-0.3, -0.25) is 9.78 Å². The Morgan fingerprint density at radius 1 is 1.17 bits per heavy atom. The number of nitrogens with zero attached hydrogens (tertiary/aromatic N) is 2. The first-order valence-corrected chi connectivity index (χ1v) is 7.82. The largest absolute Gasteiger partial charge is 0.490 e. The van der Waals surface area contributed by atoms with Crippen LogP contribution >= 0.6 is 0 Å². The fraction of sp³-hybridized carbons (Fsp3) is 0.278. The predicted molar refractivity (Wildman–Crippen MR) is 88.6 cm³/mol. The van der Waals surface area contributed by atoms with Crippen molar-refractivity contribution in [3.8, 4) is 5.75 Å². The van der Waals surface area contributed by atoms with E-state index in [-0.39, 0.29) is 5.91 Å². The van der Waals surface area contributed by atoms with Gasteiger partial charge in [0.15, 0.2) is 0 Å². The number of pyridine rings is 1. The van der Waals surface area contributed by atoms with E-state index in [1.807, 2.05) is 30.3 Å². The molecule has 0 aliphatic heterocycles. The van der Waals surface area contributed by atoms with Gasteiger partial charge in [0.05, 0.1) is 18.0 Å². The van der Waals surface area contributed by atoms with Crippen molar-refractivity contribution < 1.29 is 9.53 Å². The maximum absolute atomic E-state index is 12.0. The molecular formula is C18H19N3O2. The Morgan fingerprint density at radius 3 is 2.65 bits per heavy atom. The van der Waals surface area contributed by atoms with Crippen LogP contribution in [0.1, 0.15) is 41.7 Å². The van der Waals surface area contributed by atoms with E-state index in [0.29, 0.717) is 17.4 Å². The lowest BCUT2D eigenvalue weighted by atomic mass is 10.2. The minimum atomic E-state index is -0.260. The maximum atomic E-state index is 12.0. The third kappa shape index (κ3) is 4.39. The molecule has 0 bridgehead atoms. The minimum absolute atomic E-state index is 0.260. The van der Waals surface area contributed by atoms with Gasteiger partial charge in [-0.1, -0.05) is 6.07 Å². The number of ether oxygens (including phenoxy) is 1. The van der Waals surface area contributed by atoms with Crippen LogP contribution in [0.25, 0.3) is 0 Å². The summed E-state index contributed by atoms with van der Waals surface area (Å²) in [7, 11) is 0. The zero-order valence-electron chi connectivity index (χ0n) is 12.8. The summed E-state index contributed by atoms with van der Waals surface area (Å²) < 4.78 is 5.88. The number of hydrogen-bond donors (Lipinski definition) is 1. The van der Waals surface area contributed by atoms with Gasteiger partial charge in [0.1, 0.15) is 5.75 Å². The molecule has 0 saturated heterocycles. The van der Waals surface area contributed by atoms with E-state index in [9.17, 15) is 4.79 Å². The SMILES string of the molecule is O=C(N/N=C\c1ccccn1)c1ccc(OC2CCCC2)cc1. The van der Waals surface area contributed by atoms with Gasteiger partial charge in [-0.05, 0) is 62.1 Å². The summed E-state index contributed by atoms with van der Waals surface area (Å²) in [6, 6.07) is 12.6. The Kier molecular flexibility index (Phi) is 4.99. The summed E-state index contributed by atoms with van der Waals surface area (Å²) >= 11 is 0. The number of benzene rings is 1. The van der Waals surface area contributed by atoms with Crippen LogP contribution in [-0.4, -0.2) is 23.2 Å². The molecule has 118 valence electrons. The number of amides is 1. The molecule has 1 saturated carbocycles. The van der Waals surface area contributed by atoms with Gasteiger partial charge in [-0.25, -0.2) is 5.43 Å². The molecule has 0 spiro atoms. The van der Waals surface area contributed by atoms with Crippen molar-refractivity contribution in [2.75, 3.05) is 0 Å². The molecular weight excluding hydrogens is 290 g/mol. The van der Waals surface area contributed by atoms with Crippen LogP contribution in [-0.2, 0) is 0 Å². The molecule has 5 nitrogen and oxygen atoms in total. The van der Waals surface area contributed by atoms with Crippen molar-refractivity contribution in [2.24, 2.45) is 5.10 Å². The van der Waals surface area contributed by atoms with Gasteiger partial charge in [0.25, 0.3) is 5.91 Å². The summed E-state index contributed by atoms with van der Waals surface area (Å²) in [5.41, 5.74) is 3.72. The van der Waals surface area contributed by atoms with Gasteiger partial charge in [-0.2, -0.15) is 5.10 Å². The van der Waals surface area contributed by atoms with E-state index < -0.39 is 0 Å². The number of aromatic nitrogens is 1. The molecule has 1 aliphatic rings. The van der Waals surface area contributed by atoms with Gasteiger partial charge < -0.3 is 4.74 Å². The molecule has 5 heteroatoms. The molecule has 0 radical (unpaired) electrons. The van der Waals surface area contributed by atoms with Crippen LogP contribution in [0, 0.1) is 0 Å². The Labute approximate surface area is 135 Å². The molecule has 0 atom stereocenters. The second kappa shape index (κ2) is 7.54. The molecule has 1 aliphatic carbocycles. The average molecular weight is 309 g/mol. The highest BCUT2D eigenvalue weighted by atomic mass is 16.5. The third-order valence-corrected chi connectivity index (χ3v) is 3.77. The van der Waals surface area contributed by atoms with E-state index >= 15 is 0 Å². The average Bonchev–Trinajstić information content (AvgIpc) is 3.09. The highest BCUT2D eigenvalue weighted by Gasteiger charge is 2.16. The van der Waals surface area contributed by atoms with Gasteiger partial charge >= 0.3 is 0 Å². The Balaban J connectivity index is 1.54. The summed E-state index contributed by atoms with van der Waals surface area (Å²) in [4.78, 5) is 16.1. The molecule has 2 aromatic rings. The molecule has 1 N–H and O–H groups in total. The molecule has 1 fully saturated rings. The monoisotopic (exact) mass is 309 g/mol. The van der Waals surface area contributed by atoms with Crippen LogP contribution < -0.4 is 10.2 Å². The highest BCUT2D eigenvalue weighted by Crippen LogP contribution is 2.24. The lowest BCUT2D eigenvalue weighted by molar-refractivity contribution is 0.0955. The van der Waals surface area contributed by atoms with E-state index in [4.69, 9.17) is 4.74 Å². The first-order valence-electron chi connectivity index (χ1n) is 7.82. The van der Waals surface area contributed by atoms with Crippen LogP contribution in [0.2, 0.25) is 0 Å². The van der Waals surface area contributed by atoms with E-state index in [1.165, 1.54) is 19.1 Å². The Bertz CT molecular complexity index is 662. The van der Waals surface area contributed by atoms with Crippen LogP contribution in [0.4, 0.5) is 0 Å². The molecule has 23 heavy (non-hydrogen) atoms. The summed E-state index contributed by atoms with van der Waals surface area (Å²) in [5.74, 6) is 0.551. The predicted octanol–water partition coefficient (Wildman–Crippen LogP) is 3.17. The lowest BCUT2D eigenvalue weighted by Crippen LogP contribution is -2.17. The minimum Gasteiger partial charge on any atom is -0.490 e. The maximum Gasteiger partial charge on any atom is 0.271 e. The molecule has 1 heterocycles. The molecule has 0 unspecified atom stereocenters. The Hall–Kier alpha value is -2.69. The number of hydrogen-bond acceptors (Lipinski definition) is 4. The fourth-order valence-corrected chi connectivity index (χ4v) is 2.56. The van der Waals surface area contributed by atoms with Crippen molar-refractivity contribution in [3.63, 3.8) is 0 Å². The number of carbonyl (C=O) groups excluding carboxylic acids is 1. The summed E-state index contributed by atoms with van der Waals surface area (Å²) in [6.45, 7) is 0. The number of rotatable bonds is 5. The van der Waals surface area contributed by atoms with E-state index in [0.717, 1.165) is 18.6 Å². The molecule has 1 amide bonds. The second-order valence-electron chi connectivity index (χ2n) is 5.50. The van der Waals surface area contributed by atoms with Crippen molar-refractivity contribution in [2.45, 2.75) is 31.8 Å². The van der Waals surface area contributed by atoms with Gasteiger partial charge in [-0.15, -0.1) is 0 Å². The zero-order chi connectivity index (χ0) is 15.9. The standard InChI is InChI=1S/C18H19N3O2/c22-18(21-20-13-15-5-3-4-12-19-15)14-8-10-17(11-9-14)23-16-6-1-2-7-16/h3-5,8-13,16H,1-2,6-7H2,(H,21,22)/b20-13-. The lowest BCUT2D eigenvalue weighted by Gasteiger charge is -2.12. The highest BCUT2D eigenvalue weighted by molar-refractivity contribution is 5.94. The van der Waals surface area contributed by atoms with Crippen molar-refractivity contribution in [3.05, 3.63) is 59.9 Å². The first-order chi connectivity index (χ1) is 11.3. The van der Waals surface area contributed by atoms with Crippen molar-refractivity contribution in [1.82, 2.24) is 10.4 Å². The fourth-order valence-electron chi connectivity index (χ4n) is 2.56. The van der Waals surface area contributed by atoms with Crippen LogP contribution in [0.15, 0.2) is 53.8 Å². The van der Waals surface area contributed by atoms with Crippen molar-refractivity contribution >= 4 is 12.1 Å². The number of hydrazone groups is 1. The van der Waals surface area contributed by atoms with E-state index in [1.54, 1.807) is 18.3 Å². The van der Waals surface area contributed by atoms with Crippen LogP contribution in [0.3, 0.4) is 0 Å². The van der Waals surface area contributed by atoms with Gasteiger partial charge in [0, 0.05) is 11.8 Å². The quantitative estimate of drug-likeness (QED) is 0.681. The second-order valence-corrected chi connectivity index (χ2v) is 5.50. The smallest absolute Gasteiger partial charge is 0.271 e. The Morgan fingerprint density at radius 2 is 1.96 bits per heavy atom. The molecule has 3 rings (SSSR count). The zero-order valence-corrected chi connectivity index (χ0v) is 12.8. The van der Waals surface area contributed by atoms with Crippen molar-refractivity contribution in [1.29, 1.82) is 0 Å². The number of carbonyl (C=O) groups is 1. The molecule has 1 aromatic carbocycles. The van der Waals surface area contributed by atoms with Gasteiger partial charge in [0.2, 0.25) is 0 Å². The topological polar surface area (TPSA) is 63.6 Å². The van der Waals surface area contributed by atoms with E-state index in [2.05, 4.69) is 15.5 Å². The normalized spacial score (nSPS) is 15.0. The third-order valence-electron chi connectivity index (χ3n) is 3.77. The van der Waals surface area contributed by atoms with Crippen LogP contribution in [0.5, 0.6) is 5.75 Å². The number of nitrogens with one attached hydrogen (secondary N) is 1. The first kappa shape index (κ1) is 15.2. The summed E-state index contributed by atoms with van der Waals surface area (Å²) in [6.07, 6.45) is 8.20.